The van der Waals surface area contributed by atoms with Gasteiger partial charge in [0.1, 0.15) is 6.10 Å². The summed E-state index contributed by atoms with van der Waals surface area (Å²) in [5.41, 5.74) is 0.729. The summed E-state index contributed by atoms with van der Waals surface area (Å²) in [4.78, 5) is 3.73. The molecule has 1 atom stereocenters. The number of hydrogen-bond donors (Lipinski definition) is 1. The summed E-state index contributed by atoms with van der Waals surface area (Å²) in [7, 11) is 1.33. The predicted octanol–water partition coefficient (Wildman–Crippen LogP) is 3.90. The maximum Gasteiger partial charge on any atom is 0.250 e. The Hall–Kier alpha value is -0.500. The maximum absolute atomic E-state index is 14.0. The van der Waals surface area contributed by atoms with Crippen molar-refractivity contribution in [2.24, 2.45) is 0 Å². The van der Waals surface area contributed by atoms with Crippen molar-refractivity contribution in [2.45, 2.75) is 6.10 Å². The molecule has 0 aliphatic heterocycles. The highest BCUT2D eigenvalue weighted by atomic mass is 79.9. The average Bonchev–Trinajstić information content (AvgIpc) is 2.68. The summed E-state index contributed by atoms with van der Waals surface area (Å²) in [6, 6.07) is 3.17. The van der Waals surface area contributed by atoms with Crippen LogP contribution in [0.2, 0.25) is 0 Å². The van der Waals surface area contributed by atoms with Crippen LogP contribution in [0.25, 0.3) is 0 Å². The normalized spacial score (nSPS) is 12.5. The number of nitrogens with zero attached hydrogens (tertiary/aromatic N) is 1. The van der Waals surface area contributed by atoms with Crippen molar-refractivity contribution in [3.8, 4) is 5.88 Å². The summed E-state index contributed by atoms with van der Waals surface area (Å²) in [6.07, 6.45) is 0.328. The van der Waals surface area contributed by atoms with Crippen molar-refractivity contribution in [3.63, 3.8) is 0 Å². The van der Waals surface area contributed by atoms with Gasteiger partial charge in [-0.05, 0) is 44.0 Å². The van der Waals surface area contributed by atoms with E-state index in [1.165, 1.54) is 30.7 Å². The Kier molecular flexibility index (Phi) is 4.37. The number of thiophene rings is 1. The Morgan fingerprint density at radius 3 is 2.72 bits per heavy atom. The quantitative estimate of drug-likeness (QED) is 0.855. The Balaban J connectivity index is 2.46. The maximum atomic E-state index is 14.0. The predicted molar refractivity (Wildman–Crippen MR) is 74.5 cm³/mol. The van der Waals surface area contributed by atoms with Crippen molar-refractivity contribution < 1.29 is 14.2 Å². The van der Waals surface area contributed by atoms with Gasteiger partial charge in [0.2, 0.25) is 5.88 Å². The molecule has 0 aliphatic carbocycles. The fourth-order valence-corrected chi connectivity index (χ4v) is 4.38. The van der Waals surface area contributed by atoms with Crippen LogP contribution in [-0.4, -0.2) is 17.2 Å². The van der Waals surface area contributed by atoms with E-state index in [1.54, 1.807) is 6.07 Å². The molecule has 0 aromatic carbocycles. The lowest BCUT2D eigenvalue weighted by Gasteiger charge is -2.12. The number of methoxy groups -OCH3 is 1. The van der Waals surface area contributed by atoms with E-state index in [0.29, 0.717) is 5.56 Å². The van der Waals surface area contributed by atoms with Crippen molar-refractivity contribution in [2.75, 3.05) is 7.11 Å². The zero-order valence-corrected chi connectivity index (χ0v) is 13.1. The SMILES string of the molecule is COc1nccc(C(O)c2cc(Br)sc2Br)c1F. The van der Waals surface area contributed by atoms with Gasteiger partial charge in [0, 0.05) is 17.3 Å². The first-order chi connectivity index (χ1) is 8.54. The van der Waals surface area contributed by atoms with E-state index in [1.807, 2.05) is 0 Å². The molecule has 2 aromatic rings. The van der Waals surface area contributed by atoms with Gasteiger partial charge in [-0.2, -0.15) is 0 Å². The molecule has 0 aliphatic rings. The van der Waals surface area contributed by atoms with E-state index in [4.69, 9.17) is 4.74 Å². The minimum absolute atomic E-state index is 0.128. The van der Waals surface area contributed by atoms with Crippen molar-refractivity contribution in [1.29, 1.82) is 0 Å². The third-order valence-corrected chi connectivity index (χ3v) is 4.74. The Bertz CT molecular complexity index is 576. The second kappa shape index (κ2) is 5.64. The van der Waals surface area contributed by atoms with Crippen LogP contribution >= 0.6 is 43.2 Å². The Morgan fingerprint density at radius 1 is 1.44 bits per heavy atom. The van der Waals surface area contributed by atoms with E-state index >= 15 is 0 Å². The molecule has 0 fully saturated rings. The summed E-state index contributed by atoms with van der Waals surface area (Å²) in [6.45, 7) is 0. The van der Waals surface area contributed by atoms with Gasteiger partial charge in [-0.1, -0.05) is 0 Å². The van der Waals surface area contributed by atoms with E-state index in [9.17, 15) is 9.50 Å². The monoisotopic (exact) mass is 395 g/mol. The van der Waals surface area contributed by atoms with Crippen molar-refractivity contribution in [3.05, 3.63) is 42.8 Å². The van der Waals surface area contributed by atoms with E-state index in [2.05, 4.69) is 36.8 Å². The van der Waals surface area contributed by atoms with Crippen molar-refractivity contribution >= 4 is 43.2 Å². The largest absolute Gasteiger partial charge is 0.479 e. The molecule has 96 valence electrons. The Morgan fingerprint density at radius 2 is 2.17 bits per heavy atom. The van der Waals surface area contributed by atoms with Gasteiger partial charge < -0.3 is 9.84 Å². The molecule has 2 rings (SSSR count). The van der Waals surface area contributed by atoms with Crippen LogP contribution in [-0.2, 0) is 0 Å². The third-order valence-electron chi connectivity index (χ3n) is 2.35. The number of pyridine rings is 1. The highest BCUT2D eigenvalue weighted by molar-refractivity contribution is 9.12. The molecule has 0 radical (unpaired) electrons. The molecule has 3 nitrogen and oxygen atoms in total. The van der Waals surface area contributed by atoms with E-state index in [0.717, 1.165) is 7.57 Å². The molecule has 0 spiro atoms. The number of aromatic nitrogens is 1. The first kappa shape index (κ1) is 13.9. The van der Waals surface area contributed by atoms with Gasteiger partial charge in [0.05, 0.1) is 14.7 Å². The van der Waals surface area contributed by atoms with Gasteiger partial charge in [0.25, 0.3) is 0 Å². The minimum Gasteiger partial charge on any atom is -0.479 e. The minimum atomic E-state index is -1.07. The Labute approximate surface area is 124 Å². The smallest absolute Gasteiger partial charge is 0.250 e. The molecule has 0 saturated carbocycles. The van der Waals surface area contributed by atoms with Gasteiger partial charge in [-0.15, -0.1) is 11.3 Å². The summed E-state index contributed by atoms with van der Waals surface area (Å²) in [5.74, 6) is -0.779. The second-order valence-corrected chi connectivity index (χ2v) is 7.15. The number of hydrogen-bond acceptors (Lipinski definition) is 4. The van der Waals surface area contributed by atoms with Gasteiger partial charge in [-0.25, -0.2) is 9.37 Å². The molecule has 0 bridgehead atoms. The first-order valence-electron chi connectivity index (χ1n) is 4.85. The lowest BCUT2D eigenvalue weighted by molar-refractivity contribution is 0.212. The highest BCUT2D eigenvalue weighted by Gasteiger charge is 2.22. The van der Waals surface area contributed by atoms with Crippen LogP contribution in [0.1, 0.15) is 17.2 Å². The third kappa shape index (κ3) is 2.59. The van der Waals surface area contributed by atoms with Crippen LogP contribution in [0.5, 0.6) is 5.88 Å². The topological polar surface area (TPSA) is 42.4 Å². The fourth-order valence-electron chi connectivity index (χ4n) is 1.50. The van der Waals surface area contributed by atoms with Crippen LogP contribution in [0.3, 0.4) is 0 Å². The van der Waals surface area contributed by atoms with Crippen LogP contribution in [0, 0.1) is 5.82 Å². The average molecular weight is 397 g/mol. The van der Waals surface area contributed by atoms with Gasteiger partial charge >= 0.3 is 0 Å². The number of ether oxygens (including phenoxy) is 1. The first-order valence-corrected chi connectivity index (χ1v) is 7.26. The summed E-state index contributed by atoms with van der Waals surface area (Å²) >= 11 is 8.06. The van der Waals surface area contributed by atoms with Crippen LogP contribution < -0.4 is 4.74 Å². The molecule has 7 heteroatoms. The zero-order chi connectivity index (χ0) is 13.3. The molecule has 2 aromatic heterocycles. The van der Waals surface area contributed by atoms with Crippen LogP contribution in [0.15, 0.2) is 25.9 Å². The van der Waals surface area contributed by atoms with E-state index < -0.39 is 11.9 Å². The lowest BCUT2D eigenvalue weighted by Crippen LogP contribution is -2.04. The lowest BCUT2D eigenvalue weighted by atomic mass is 10.1. The molecule has 18 heavy (non-hydrogen) atoms. The van der Waals surface area contributed by atoms with Gasteiger partial charge in [-0.3, -0.25) is 0 Å². The van der Waals surface area contributed by atoms with Crippen molar-refractivity contribution in [1.82, 2.24) is 4.98 Å². The molecule has 0 saturated heterocycles. The second-order valence-electron chi connectivity index (χ2n) is 3.41. The summed E-state index contributed by atoms with van der Waals surface area (Å²) < 4.78 is 20.4. The molecular formula is C11H8Br2FNO2S. The highest BCUT2D eigenvalue weighted by Crippen LogP contribution is 2.38. The number of aliphatic hydroxyl groups excluding tert-OH is 1. The number of halogens is 3. The van der Waals surface area contributed by atoms with Crippen LogP contribution in [0.4, 0.5) is 4.39 Å². The molecule has 2 heterocycles. The van der Waals surface area contributed by atoms with Gasteiger partial charge in [0.15, 0.2) is 5.82 Å². The fraction of sp³-hybridized carbons (Fsp3) is 0.182. The summed E-state index contributed by atoms with van der Waals surface area (Å²) in [5, 5.41) is 10.2. The number of rotatable bonds is 3. The molecule has 1 N–H and O–H groups in total. The molecule has 0 amide bonds. The molecular weight excluding hydrogens is 389 g/mol. The number of aliphatic hydroxyl groups is 1. The van der Waals surface area contributed by atoms with E-state index in [-0.39, 0.29) is 11.4 Å². The standard InChI is InChI=1S/C11H8Br2FNO2S/c1-17-11-8(14)5(2-3-15-11)9(16)6-4-7(12)18-10(6)13/h2-4,9,16H,1H3. The molecule has 1 unspecified atom stereocenters. The zero-order valence-electron chi connectivity index (χ0n) is 9.15.